The van der Waals surface area contributed by atoms with Crippen molar-refractivity contribution in [2.45, 2.75) is 19.9 Å². The second-order valence-corrected chi connectivity index (χ2v) is 8.27. The number of rotatable bonds is 7. The number of nitrogens with zero attached hydrogens (tertiary/aromatic N) is 4. The number of likely N-dealkylation sites (tertiary alicyclic amines) is 1. The van der Waals surface area contributed by atoms with Crippen molar-refractivity contribution in [3.63, 3.8) is 0 Å². The normalized spacial score (nSPS) is 18.0. The molecule has 4 rings (SSSR count). The number of benzene rings is 1. The van der Waals surface area contributed by atoms with E-state index in [-0.39, 0.29) is 11.3 Å². The van der Waals surface area contributed by atoms with E-state index in [1.54, 1.807) is 17.5 Å². The summed E-state index contributed by atoms with van der Waals surface area (Å²) >= 11 is 0. The first-order valence-electron chi connectivity index (χ1n) is 10.9. The van der Waals surface area contributed by atoms with Gasteiger partial charge in [-0.3, -0.25) is 14.0 Å². The van der Waals surface area contributed by atoms with E-state index in [1.807, 2.05) is 68.4 Å². The molecule has 1 atom stereocenters. The van der Waals surface area contributed by atoms with E-state index < -0.39 is 17.7 Å². The van der Waals surface area contributed by atoms with Gasteiger partial charge in [-0.1, -0.05) is 18.2 Å². The molecule has 0 radical (unpaired) electrons. The van der Waals surface area contributed by atoms with Gasteiger partial charge in [-0.15, -0.1) is 0 Å². The fraction of sp³-hybridized carbons (Fsp3) is 0.320. The summed E-state index contributed by atoms with van der Waals surface area (Å²) < 4.78 is 7.27. The Bertz CT molecular complexity index is 1230. The van der Waals surface area contributed by atoms with Crippen molar-refractivity contribution in [1.82, 2.24) is 19.2 Å². The Kier molecular flexibility index (Phi) is 6.20. The number of imidazole rings is 1. The SMILES string of the molecule is CCOc1ccc(C2/C(=C(\O)c3c(C)nc4ccccn34)C(=O)C(=O)N2CCN(C)C)cc1. The van der Waals surface area contributed by atoms with Crippen LogP contribution in [0.15, 0.2) is 54.2 Å². The number of aryl methyl sites for hydroxylation is 1. The molecule has 0 spiro atoms. The third-order valence-electron chi connectivity index (χ3n) is 5.76. The van der Waals surface area contributed by atoms with E-state index in [2.05, 4.69) is 4.98 Å². The molecule has 3 aromatic rings. The molecule has 1 N–H and O–H groups in total. The van der Waals surface area contributed by atoms with Crippen molar-refractivity contribution < 1.29 is 19.4 Å². The highest BCUT2D eigenvalue weighted by Gasteiger charge is 2.46. The van der Waals surface area contributed by atoms with Gasteiger partial charge in [-0.05, 0) is 57.8 Å². The summed E-state index contributed by atoms with van der Waals surface area (Å²) in [6.07, 6.45) is 1.78. The largest absolute Gasteiger partial charge is 0.505 e. The number of carbonyl (C=O) groups excluding carboxylic acids is 2. The first-order valence-corrected chi connectivity index (χ1v) is 10.9. The summed E-state index contributed by atoms with van der Waals surface area (Å²) in [6, 6.07) is 12.1. The first kappa shape index (κ1) is 22.5. The van der Waals surface area contributed by atoms with E-state index in [9.17, 15) is 14.7 Å². The molecule has 0 aliphatic carbocycles. The first-order chi connectivity index (χ1) is 15.8. The molecule has 33 heavy (non-hydrogen) atoms. The molecule has 2 aromatic heterocycles. The zero-order chi connectivity index (χ0) is 23.7. The van der Waals surface area contributed by atoms with Crippen molar-refractivity contribution in [2.24, 2.45) is 0 Å². The van der Waals surface area contributed by atoms with Crippen molar-refractivity contribution in [2.75, 3.05) is 33.8 Å². The lowest BCUT2D eigenvalue weighted by atomic mass is 9.96. The molecule has 8 nitrogen and oxygen atoms in total. The molecule has 1 aliphatic rings. The van der Waals surface area contributed by atoms with Crippen molar-refractivity contribution in [3.05, 3.63) is 71.2 Å². The quantitative estimate of drug-likeness (QED) is 0.340. The minimum atomic E-state index is -0.714. The van der Waals surface area contributed by atoms with Gasteiger partial charge in [0.1, 0.15) is 17.1 Å². The smallest absolute Gasteiger partial charge is 0.295 e. The number of ether oxygens (including phenoxy) is 1. The average molecular weight is 449 g/mol. The Balaban J connectivity index is 1.88. The van der Waals surface area contributed by atoms with Gasteiger partial charge >= 0.3 is 0 Å². The average Bonchev–Trinajstić information content (AvgIpc) is 3.26. The zero-order valence-corrected chi connectivity index (χ0v) is 19.3. The molecule has 1 fully saturated rings. The van der Waals surface area contributed by atoms with Gasteiger partial charge in [0, 0.05) is 19.3 Å². The van der Waals surface area contributed by atoms with Crippen LogP contribution >= 0.6 is 0 Å². The lowest BCUT2D eigenvalue weighted by Crippen LogP contribution is -2.35. The Morgan fingerprint density at radius 3 is 2.55 bits per heavy atom. The van der Waals surface area contributed by atoms with Gasteiger partial charge in [0.2, 0.25) is 0 Å². The number of carbonyl (C=O) groups is 2. The maximum atomic E-state index is 13.2. The highest BCUT2D eigenvalue weighted by Crippen LogP contribution is 2.40. The molecule has 1 aliphatic heterocycles. The number of pyridine rings is 1. The van der Waals surface area contributed by atoms with Gasteiger partial charge in [0.25, 0.3) is 11.7 Å². The summed E-state index contributed by atoms with van der Waals surface area (Å²) in [7, 11) is 3.81. The number of Topliss-reactive ketones (excluding diaryl/α,β-unsaturated/α-hetero) is 1. The van der Waals surface area contributed by atoms with Crippen molar-refractivity contribution >= 4 is 23.1 Å². The van der Waals surface area contributed by atoms with Crippen LogP contribution in [0.25, 0.3) is 11.4 Å². The van der Waals surface area contributed by atoms with Crippen LogP contribution in [0.3, 0.4) is 0 Å². The summed E-state index contributed by atoms with van der Waals surface area (Å²) in [4.78, 5) is 34.3. The third kappa shape index (κ3) is 4.09. The van der Waals surface area contributed by atoms with Crippen LogP contribution in [0.4, 0.5) is 0 Å². The standard InChI is InChI=1S/C25H28N4O4/c1-5-33-18-11-9-17(10-12-18)22-20(24(31)25(32)29(22)15-14-27(3)4)23(30)21-16(2)26-19-8-6-7-13-28(19)21/h6-13,22,30H,5,14-15H2,1-4H3/b23-20+. The second kappa shape index (κ2) is 9.07. The number of hydrogen-bond acceptors (Lipinski definition) is 6. The zero-order valence-electron chi connectivity index (χ0n) is 19.3. The lowest BCUT2D eigenvalue weighted by Gasteiger charge is -2.26. The number of amides is 1. The van der Waals surface area contributed by atoms with Crippen LogP contribution in [0.5, 0.6) is 5.75 Å². The Morgan fingerprint density at radius 2 is 1.88 bits per heavy atom. The third-order valence-corrected chi connectivity index (χ3v) is 5.76. The monoisotopic (exact) mass is 448 g/mol. The summed E-state index contributed by atoms with van der Waals surface area (Å²) in [5.74, 6) is -0.848. The maximum Gasteiger partial charge on any atom is 0.295 e. The van der Waals surface area contributed by atoms with Gasteiger partial charge in [-0.25, -0.2) is 4.98 Å². The van der Waals surface area contributed by atoms with E-state index in [4.69, 9.17) is 4.74 Å². The minimum Gasteiger partial charge on any atom is -0.505 e. The molecular formula is C25H28N4O4. The molecule has 0 bridgehead atoms. The van der Waals surface area contributed by atoms with Gasteiger partial charge in [0.05, 0.1) is 23.9 Å². The molecule has 1 amide bonds. The highest BCUT2D eigenvalue weighted by molar-refractivity contribution is 6.46. The fourth-order valence-corrected chi connectivity index (χ4v) is 4.20. The van der Waals surface area contributed by atoms with Crippen molar-refractivity contribution in [3.8, 4) is 5.75 Å². The number of likely N-dealkylation sites (N-methyl/N-ethyl adjacent to an activating group) is 1. The number of hydrogen-bond donors (Lipinski definition) is 1. The number of ketones is 1. The topological polar surface area (TPSA) is 87.4 Å². The number of aliphatic hydroxyl groups is 1. The van der Waals surface area contributed by atoms with Gasteiger partial charge < -0.3 is 19.6 Å². The molecule has 0 saturated carbocycles. The van der Waals surface area contributed by atoms with Gasteiger partial charge in [0.15, 0.2) is 5.76 Å². The minimum absolute atomic E-state index is 0.0664. The Morgan fingerprint density at radius 1 is 1.15 bits per heavy atom. The van der Waals surface area contributed by atoms with Crippen LogP contribution in [0.1, 0.15) is 29.9 Å². The number of fused-ring (bicyclic) bond motifs is 1. The maximum absolute atomic E-state index is 13.2. The molecule has 8 heteroatoms. The molecule has 1 saturated heterocycles. The van der Waals surface area contributed by atoms with Crippen molar-refractivity contribution in [1.29, 1.82) is 0 Å². The summed E-state index contributed by atoms with van der Waals surface area (Å²) in [5, 5.41) is 11.4. The predicted molar refractivity (Wildman–Crippen MR) is 125 cm³/mol. The molecule has 172 valence electrons. The highest BCUT2D eigenvalue weighted by atomic mass is 16.5. The van der Waals surface area contributed by atoms with Crippen LogP contribution in [0.2, 0.25) is 0 Å². The summed E-state index contributed by atoms with van der Waals surface area (Å²) in [5.41, 5.74) is 2.42. The Labute approximate surface area is 192 Å². The van der Waals surface area contributed by atoms with Crippen LogP contribution in [-0.4, -0.2) is 69.8 Å². The summed E-state index contributed by atoms with van der Waals surface area (Å²) in [6.45, 7) is 5.14. The van der Waals surface area contributed by atoms with Crippen LogP contribution in [0, 0.1) is 6.92 Å². The molecule has 3 heterocycles. The molecule has 1 aromatic carbocycles. The number of aromatic nitrogens is 2. The van der Waals surface area contributed by atoms with Crippen LogP contribution in [-0.2, 0) is 9.59 Å². The van der Waals surface area contributed by atoms with E-state index >= 15 is 0 Å². The fourth-order valence-electron chi connectivity index (χ4n) is 4.20. The van der Waals surface area contributed by atoms with E-state index in [1.165, 1.54) is 4.90 Å². The lowest BCUT2D eigenvalue weighted by molar-refractivity contribution is -0.140. The Hall–Kier alpha value is -3.65. The molecule has 1 unspecified atom stereocenters. The van der Waals surface area contributed by atoms with E-state index in [0.717, 1.165) is 5.56 Å². The number of aliphatic hydroxyl groups excluding tert-OH is 1. The van der Waals surface area contributed by atoms with Gasteiger partial charge in [-0.2, -0.15) is 0 Å². The predicted octanol–water partition coefficient (Wildman–Crippen LogP) is 3.02. The molecular weight excluding hydrogens is 420 g/mol. The second-order valence-electron chi connectivity index (χ2n) is 8.27. The van der Waals surface area contributed by atoms with Crippen LogP contribution < -0.4 is 4.74 Å². The van der Waals surface area contributed by atoms with E-state index in [0.29, 0.717) is 42.5 Å².